The highest BCUT2D eigenvalue weighted by Gasteiger charge is 2.07. The number of halogens is 2. The van der Waals surface area contributed by atoms with Crippen molar-refractivity contribution in [3.63, 3.8) is 0 Å². The zero-order valence-corrected chi connectivity index (χ0v) is 6.40. The molecule has 0 aliphatic heterocycles. The maximum Gasteiger partial charge on any atom is 0.218 e. The first-order valence-corrected chi connectivity index (χ1v) is 3.18. The van der Waals surface area contributed by atoms with E-state index in [-0.39, 0.29) is 4.69 Å². The molecule has 0 saturated heterocycles. The van der Waals surface area contributed by atoms with Gasteiger partial charge in [-0.3, -0.25) is 4.79 Å². The van der Waals surface area contributed by atoms with Crippen molar-refractivity contribution in [1.29, 1.82) is 0 Å². The summed E-state index contributed by atoms with van der Waals surface area (Å²) in [5, 5.41) is 0. The minimum Gasteiger partial charge on any atom is -0.302 e. The molecule has 1 unspecified atom stereocenters. The van der Waals surface area contributed by atoms with Crippen molar-refractivity contribution in [2.75, 3.05) is 0 Å². The van der Waals surface area contributed by atoms with Crippen LogP contribution in [0.5, 0.6) is 0 Å². The van der Waals surface area contributed by atoms with Crippen molar-refractivity contribution < 1.29 is 9.59 Å². The number of alkyl halides is 1. The first-order chi connectivity index (χ1) is 3.18. The molecule has 0 fully saturated rings. The van der Waals surface area contributed by atoms with E-state index in [0.29, 0.717) is 6.29 Å². The Kier molecular flexibility index (Phi) is 3.46. The Morgan fingerprint density at radius 2 is 2.14 bits per heavy atom. The summed E-state index contributed by atoms with van der Waals surface area (Å²) in [4.78, 5) is 19.0. The van der Waals surface area contributed by atoms with Gasteiger partial charge in [-0.1, -0.05) is 15.9 Å². The number of aldehydes is 1. The standard InChI is InChI=1S/C3H2Br2O2/c4-2(1-6)3(5)7/h1-2H. The van der Waals surface area contributed by atoms with Crippen molar-refractivity contribution in [2.24, 2.45) is 0 Å². The lowest BCUT2D eigenvalue weighted by Crippen LogP contribution is -2.06. The Hall–Kier alpha value is 0.300. The van der Waals surface area contributed by atoms with E-state index in [1.807, 2.05) is 0 Å². The van der Waals surface area contributed by atoms with Crippen LogP contribution in [0.4, 0.5) is 0 Å². The summed E-state index contributed by atoms with van der Waals surface area (Å²) in [5.74, 6) is 0. The molecule has 0 rings (SSSR count). The summed E-state index contributed by atoms with van der Waals surface area (Å²) in [6.45, 7) is 0. The molecular formula is C3H2Br2O2. The zero-order chi connectivity index (χ0) is 5.86. The van der Waals surface area contributed by atoms with Crippen LogP contribution in [0.2, 0.25) is 0 Å². The summed E-state index contributed by atoms with van der Waals surface area (Å²) in [6, 6.07) is 0. The highest BCUT2D eigenvalue weighted by atomic mass is 79.9. The largest absolute Gasteiger partial charge is 0.302 e. The molecule has 7 heavy (non-hydrogen) atoms. The molecule has 0 saturated carbocycles. The van der Waals surface area contributed by atoms with E-state index in [4.69, 9.17) is 0 Å². The minimum atomic E-state index is -0.688. The monoisotopic (exact) mass is 228 g/mol. The Morgan fingerprint density at radius 1 is 1.71 bits per heavy atom. The van der Waals surface area contributed by atoms with Gasteiger partial charge in [-0.25, -0.2) is 0 Å². The van der Waals surface area contributed by atoms with Crippen LogP contribution in [0.1, 0.15) is 0 Å². The van der Waals surface area contributed by atoms with Crippen LogP contribution in [0.25, 0.3) is 0 Å². The predicted molar refractivity (Wildman–Crippen MR) is 32.7 cm³/mol. The highest BCUT2D eigenvalue weighted by Crippen LogP contribution is 2.00. The Balaban J connectivity index is 3.55. The number of rotatable bonds is 2. The topological polar surface area (TPSA) is 34.1 Å². The number of hydrogen-bond donors (Lipinski definition) is 0. The van der Waals surface area contributed by atoms with Crippen LogP contribution >= 0.6 is 31.9 Å². The summed E-state index contributed by atoms with van der Waals surface area (Å²) >= 11 is 5.36. The fourth-order valence-corrected chi connectivity index (χ4v) is 0.161. The lowest BCUT2D eigenvalue weighted by atomic mass is 10.5. The van der Waals surface area contributed by atoms with Crippen molar-refractivity contribution >= 4 is 42.8 Å². The second-order valence-corrected chi connectivity index (χ2v) is 2.61. The van der Waals surface area contributed by atoms with Gasteiger partial charge in [0, 0.05) is 0 Å². The van der Waals surface area contributed by atoms with Gasteiger partial charge < -0.3 is 4.79 Å². The van der Waals surface area contributed by atoms with Gasteiger partial charge in [0.1, 0.15) is 11.1 Å². The predicted octanol–water partition coefficient (Wildman–Crippen LogP) is 0.870. The molecular weight excluding hydrogens is 228 g/mol. The second-order valence-electron chi connectivity index (χ2n) is 0.842. The van der Waals surface area contributed by atoms with Crippen molar-refractivity contribution in [3.05, 3.63) is 0 Å². The van der Waals surface area contributed by atoms with Crippen LogP contribution in [0.15, 0.2) is 0 Å². The molecule has 0 heterocycles. The Bertz CT molecular complexity index is 90.9. The minimum absolute atomic E-state index is 0.345. The van der Waals surface area contributed by atoms with Gasteiger partial charge in [-0.15, -0.1) is 0 Å². The zero-order valence-electron chi connectivity index (χ0n) is 3.23. The second kappa shape index (κ2) is 3.32. The summed E-state index contributed by atoms with van der Waals surface area (Å²) in [6.07, 6.45) is 0.511. The fourth-order valence-electron chi connectivity index (χ4n) is 0.0535. The van der Waals surface area contributed by atoms with Crippen molar-refractivity contribution in [3.8, 4) is 0 Å². The smallest absolute Gasteiger partial charge is 0.218 e. The number of carbonyl (C=O) groups excluding carboxylic acids is 2. The van der Waals surface area contributed by atoms with Gasteiger partial charge in [-0.2, -0.15) is 0 Å². The highest BCUT2D eigenvalue weighted by molar-refractivity contribution is 9.20. The van der Waals surface area contributed by atoms with Gasteiger partial charge in [0.15, 0.2) is 0 Å². The number of carbonyl (C=O) groups is 2. The molecule has 0 aromatic heterocycles. The van der Waals surface area contributed by atoms with Crippen LogP contribution in [0.3, 0.4) is 0 Å². The van der Waals surface area contributed by atoms with E-state index in [9.17, 15) is 9.59 Å². The van der Waals surface area contributed by atoms with Crippen molar-refractivity contribution in [2.45, 2.75) is 4.83 Å². The van der Waals surface area contributed by atoms with Gasteiger partial charge in [-0.05, 0) is 15.9 Å². The van der Waals surface area contributed by atoms with Crippen molar-refractivity contribution in [1.82, 2.24) is 0 Å². The average molecular weight is 230 g/mol. The van der Waals surface area contributed by atoms with Gasteiger partial charge in [0.2, 0.25) is 4.69 Å². The van der Waals surface area contributed by atoms with E-state index in [1.165, 1.54) is 0 Å². The molecule has 0 radical (unpaired) electrons. The summed E-state index contributed by atoms with van der Waals surface area (Å²) in [5.41, 5.74) is 0. The molecule has 0 aromatic rings. The SMILES string of the molecule is O=CC(Br)C(=O)Br. The van der Waals surface area contributed by atoms with E-state index in [0.717, 1.165) is 0 Å². The fraction of sp³-hybridized carbons (Fsp3) is 0.333. The Morgan fingerprint density at radius 3 is 2.14 bits per heavy atom. The van der Waals surface area contributed by atoms with Crippen LogP contribution in [-0.2, 0) is 9.59 Å². The molecule has 0 aliphatic rings. The normalized spacial score (nSPS) is 12.9. The van der Waals surface area contributed by atoms with Crippen LogP contribution < -0.4 is 0 Å². The molecule has 40 valence electrons. The maximum absolute atomic E-state index is 10.0. The Labute approximate surface area is 57.5 Å². The van der Waals surface area contributed by atoms with Gasteiger partial charge >= 0.3 is 0 Å². The molecule has 0 N–H and O–H groups in total. The molecule has 4 heteroatoms. The first-order valence-electron chi connectivity index (χ1n) is 1.47. The maximum atomic E-state index is 10.0. The molecule has 1 atom stereocenters. The first kappa shape index (κ1) is 7.30. The molecule has 0 bridgehead atoms. The summed E-state index contributed by atoms with van der Waals surface area (Å²) < 4.78 is -0.345. The number of hydrogen-bond acceptors (Lipinski definition) is 2. The molecule has 0 amide bonds. The average Bonchev–Trinajstić information content (AvgIpc) is 1.65. The van der Waals surface area contributed by atoms with Crippen LogP contribution in [0, 0.1) is 0 Å². The van der Waals surface area contributed by atoms with E-state index in [1.54, 1.807) is 0 Å². The van der Waals surface area contributed by atoms with E-state index < -0.39 is 4.83 Å². The van der Waals surface area contributed by atoms with E-state index >= 15 is 0 Å². The summed E-state index contributed by atoms with van der Waals surface area (Å²) in [7, 11) is 0. The molecule has 0 aliphatic carbocycles. The lowest BCUT2D eigenvalue weighted by Gasteiger charge is -1.85. The third-order valence-corrected chi connectivity index (χ3v) is 2.08. The third kappa shape index (κ3) is 2.93. The van der Waals surface area contributed by atoms with Crippen LogP contribution in [-0.4, -0.2) is 15.8 Å². The molecule has 0 aromatic carbocycles. The quantitative estimate of drug-likeness (QED) is 0.305. The van der Waals surface area contributed by atoms with E-state index in [2.05, 4.69) is 31.9 Å². The van der Waals surface area contributed by atoms with Gasteiger partial charge in [0.05, 0.1) is 0 Å². The molecule has 0 spiro atoms. The van der Waals surface area contributed by atoms with Gasteiger partial charge in [0.25, 0.3) is 0 Å². The third-order valence-electron chi connectivity index (χ3n) is 0.336. The molecule has 2 nitrogen and oxygen atoms in total. The lowest BCUT2D eigenvalue weighted by molar-refractivity contribution is -0.115.